The molecule has 1 unspecified atom stereocenters. The Hall–Kier alpha value is -1.91. The van der Waals surface area contributed by atoms with Crippen molar-refractivity contribution in [1.82, 2.24) is 19.9 Å². The Morgan fingerprint density at radius 3 is 2.90 bits per heavy atom. The van der Waals surface area contributed by atoms with E-state index >= 15 is 0 Å². The average Bonchev–Trinajstić information content (AvgIpc) is 2.93. The van der Waals surface area contributed by atoms with E-state index in [4.69, 9.17) is 11.6 Å². The van der Waals surface area contributed by atoms with E-state index < -0.39 is 0 Å². The molecule has 0 radical (unpaired) electrons. The SMILES string of the molecule is CCCNC(c1ccccc1Cl)c1cnn2ccncc12. The molecule has 0 aliphatic heterocycles. The number of benzene rings is 1. The lowest BCUT2D eigenvalue weighted by molar-refractivity contribution is 0.601. The average molecular weight is 301 g/mol. The van der Waals surface area contributed by atoms with Crippen LogP contribution in [0.3, 0.4) is 0 Å². The van der Waals surface area contributed by atoms with Crippen LogP contribution in [0.4, 0.5) is 0 Å². The molecule has 0 bridgehead atoms. The number of fused-ring (bicyclic) bond motifs is 1. The summed E-state index contributed by atoms with van der Waals surface area (Å²) in [7, 11) is 0. The van der Waals surface area contributed by atoms with Gasteiger partial charge in [-0.2, -0.15) is 5.10 Å². The molecule has 0 saturated heterocycles. The molecule has 2 heterocycles. The van der Waals surface area contributed by atoms with Crippen molar-refractivity contribution >= 4 is 17.1 Å². The van der Waals surface area contributed by atoms with Crippen molar-refractivity contribution in [2.45, 2.75) is 19.4 Å². The van der Waals surface area contributed by atoms with E-state index in [2.05, 4.69) is 28.4 Å². The van der Waals surface area contributed by atoms with Crippen LogP contribution in [0.2, 0.25) is 5.02 Å². The van der Waals surface area contributed by atoms with Crippen molar-refractivity contribution in [2.75, 3.05) is 6.54 Å². The van der Waals surface area contributed by atoms with E-state index in [1.165, 1.54) is 0 Å². The summed E-state index contributed by atoms with van der Waals surface area (Å²) in [5, 5.41) is 8.71. The smallest absolute Gasteiger partial charge is 0.0896 e. The van der Waals surface area contributed by atoms with Gasteiger partial charge in [-0.15, -0.1) is 0 Å². The normalized spacial score (nSPS) is 12.7. The molecule has 4 nitrogen and oxygen atoms in total. The summed E-state index contributed by atoms with van der Waals surface area (Å²) in [6.07, 6.45) is 8.35. The van der Waals surface area contributed by atoms with E-state index in [9.17, 15) is 0 Å². The number of nitrogens with one attached hydrogen (secondary N) is 1. The van der Waals surface area contributed by atoms with Crippen LogP contribution >= 0.6 is 11.6 Å². The highest BCUT2D eigenvalue weighted by atomic mass is 35.5. The number of hydrogen-bond acceptors (Lipinski definition) is 3. The van der Waals surface area contributed by atoms with Crippen LogP contribution in [0.25, 0.3) is 5.52 Å². The topological polar surface area (TPSA) is 42.2 Å². The summed E-state index contributed by atoms with van der Waals surface area (Å²) in [6, 6.07) is 7.93. The molecule has 108 valence electrons. The monoisotopic (exact) mass is 300 g/mol. The summed E-state index contributed by atoms with van der Waals surface area (Å²) in [4.78, 5) is 4.20. The fourth-order valence-corrected chi connectivity index (χ4v) is 2.71. The minimum Gasteiger partial charge on any atom is -0.306 e. The third kappa shape index (κ3) is 2.77. The minimum atomic E-state index is 0.0142. The van der Waals surface area contributed by atoms with E-state index in [1.807, 2.05) is 41.3 Å². The second-order valence-corrected chi connectivity index (χ2v) is 5.32. The molecular weight excluding hydrogens is 284 g/mol. The first-order valence-corrected chi connectivity index (χ1v) is 7.44. The molecule has 0 aliphatic rings. The van der Waals surface area contributed by atoms with Crippen LogP contribution in [0.5, 0.6) is 0 Å². The van der Waals surface area contributed by atoms with Crippen molar-refractivity contribution in [3.05, 3.63) is 65.2 Å². The highest BCUT2D eigenvalue weighted by Crippen LogP contribution is 2.30. The lowest BCUT2D eigenvalue weighted by atomic mass is 10.00. The van der Waals surface area contributed by atoms with E-state index in [0.29, 0.717) is 0 Å². The fourth-order valence-electron chi connectivity index (χ4n) is 2.46. The largest absolute Gasteiger partial charge is 0.306 e. The predicted octanol–water partition coefficient (Wildman–Crippen LogP) is 3.47. The Morgan fingerprint density at radius 2 is 2.10 bits per heavy atom. The van der Waals surface area contributed by atoms with Gasteiger partial charge in [0.15, 0.2) is 0 Å². The van der Waals surface area contributed by atoms with Gasteiger partial charge >= 0.3 is 0 Å². The second kappa shape index (κ2) is 6.24. The maximum absolute atomic E-state index is 6.38. The quantitative estimate of drug-likeness (QED) is 0.784. The van der Waals surface area contributed by atoms with Gasteiger partial charge < -0.3 is 5.32 Å². The number of rotatable bonds is 5. The van der Waals surface area contributed by atoms with E-state index in [-0.39, 0.29) is 6.04 Å². The molecule has 0 amide bonds. The van der Waals surface area contributed by atoms with Crippen LogP contribution in [0.1, 0.15) is 30.5 Å². The number of aromatic nitrogens is 3. The molecule has 0 aliphatic carbocycles. The van der Waals surface area contributed by atoms with Crippen LogP contribution < -0.4 is 5.32 Å². The molecule has 0 spiro atoms. The van der Waals surface area contributed by atoms with Crippen molar-refractivity contribution in [2.24, 2.45) is 0 Å². The van der Waals surface area contributed by atoms with Crippen molar-refractivity contribution in [3.63, 3.8) is 0 Å². The third-order valence-corrected chi connectivity index (χ3v) is 3.82. The molecule has 2 aromatic heterocycles. The minimum absolute atomic E-state index is 0.0142. The molecule has 21 heavy (non-hydrogen) atoms. The van der Waals surface area contributed by atoms with Crippen LogP contribution in [-0.4, -0.2) is 21.1 Å². The molecule has 3 aromatic rings. The van der Waals surface area contributed by atoms with Gasteiger partial charge in [0.2, 0.25) is 0 Å². The van der Waals surface area contributed by atoms with Gasteiger partial charge in [0.25, 0.3) is 0 Å². The van der Waals surface area contributed by atoms with Gasteiger partial charge in [-0.1, -0.05) is 36.7 Å². The standard InChI is InChI=1S/C16H17ClN4/c1-2-7-19-16(12-5-3-4-6-14(12)17)13-10-20-21-9-8-18-11-15(13)21/h3-6,8-11,16,19H,2,7H2,1H3. The Morgan fingerprint density at radius 1 is 1.24 bits per heavy atom. The van der Waals surface area contributed by atoms with Gasteiger partial charge in [0.1, 0.15) is 0 Å². The molecule has 1 atom stereocenters. The molecule has 1 N–H and O–H groups in total. The van der Waals surface area contributed by atoms with Gasteiger partial charge in [-0.3, -0.25) is 4.98 Å². The zero-order chi connectivity index (χ0) is 14.7. The zero-order valence-corrected chi connectivity index (χ0v) is 12.6. The summed E-state index contributed by atoms with van der Waals surface area (Å²) < 4.78 is 1.83. The molecule has 5 heteroatoms. The lowest BCUT2D eigenvalue weighted by Gasteiger charge is -2.19. The second-order valence-electron chi connectivity index (χ2n) is 4.91. The van der Waals surface area contributed by atoms with Crippen molar-refractivity contribution in [3.8, 4) is 0 Å². The van der Waals surface area contributed by atoms with Crippen LogP contribution in [0.15, 0.2) is 49.1 Å². The summed E-state index contributed by atoms with van der Waals surface area (Å²) >= 11 is 6.38. The zero-order valence-electron chi connectivity index (χ0n) is 11.8. The summed E-state index contributed by atoms with van der Waals surface area (Å²) in [5.41, 5.74) is 3.14. The van der Waals surface area contributed by atoms with Gasteiger partial charge in [-0.25, -0.2) is 4.52 Å². The van der Waals surface area contributed by atoms with E-state index in [0.717, 1.165) is 34.6 Å². The van der Waals surface area contributed by atoms with Crippen molar-refractivity contribution < 1.29 is 0 Å². The van der Waals surface area contributed by atoms with Crippen molar-refractivity contribution in [1.29, 1.82) is 0 Å². The molecule has 3 rings (SSSR count). The van der Waals surface area contributed by atoms with E-state index in [1.54, 1.807) is 6.20 Å². The molecule has 1 aromatic carbocycles. The maximum atomic E-state index is 6.38. The first-order chi connectivity index (χ1) is 10.3. The van der Waals surface area contributed by atoms with Crippen LogP contribution in [-0.2, 0) is 0 Å². The fraction of sp³-hybridized carbons (Fsp3) is 0.250. The highest BCUT2D eigenvalue weighted by molar-refractivity contribution is 6.31. The number of hydrogen-bond donors (Lipinski definition) is 1. The Bertz CT molecular complexity index is 738. The molecular formula is C16H17ClN4. The maximum Gasteiger partial charge on any atom is 0.0896 e. The number of nitrogens with zero attached hydrogens (tertiary/aromatic N) is 3. The van der Waals surface area contributed by atoms with Gasteiger partial charge in [0, 0.05) is 23.0 Å². The number of halogens is 1. The summed E-state index contributed by atoms with van der Waals surface area (Å²) in [6.45, 7) is 3.06. The molecule has 0 saturated carbocycles. The van der Waals surface area contributed by atoms with Gasteiger partial charge in [0.05, 0.1) is 24.0 Å². The molecule has 0 fully saturated rings. The Labute approximate surface area is 128 Å². The van der Waals surface area contributed by atoms with Crippen LogP contribution in [0, 0.1) is 0 Å². The Kier molecular flexibility index (Phi) is 4.18. The highest BCUT2D eigenvalue weighted by Gasteiger charge is 2.20. The first-order valence-electron chi connectivity index (χ1n) is 7.06. The van der Waals surface area contributed by atoms with Gasteiger partial charge in [-0.05, 0) is 24.6 Å². The first kappa shape index (κ1) is 14.0. The predicted molar refractivity (Wildman–Crippen MR) is 84.6 cm³/mol. The lowest BCUT2D eigenvalue weighted by Crippen LogP contribution is -2.23. The summed E-state index contributed by atoms with van der Waals surface area (Å²) in [5.74, 6) is 0. The third-order valence-electron chi connectivity index (χ3n) is 3.48. The Balaban J connectivity index is 2.09.